The highest BCUT2D eigenvalue weighted by Crippen LogP contribution is 2.18. The molecule has 0 spiro atoms. The second-order valence-corrected chi connectivity index (χ2v) is 7.17. The Morgan fingerprint density at radius 1 is 1.18 bits per heavy atom. The lowest BCUT2D eigenvalue weighted by Gasteiger charge is -2.26. The van der Waals surface area contributed by atoms with E-state index in [0.717, 1.165) is 0 Å². The summed E-state index contributed by atoms with van der Waals surface area (Å²) in [4.78, 5) is 15.1. The number of aromatic amines is 1. The molecule has 6 nitrogen and oxygen atoms in total. The summed E-state index contributed by atoms with van der Waals surface area (Å²) in [5.74, 6) is 0. The Morgan fingerprint density at radius 3 is 2.55 bits per heavy atom. The van der Waals surface area contributed by atoms with Gasteiger partial charge in [0.1, 0.15) is 4.90 Å². The van der Waals surface area contributed by atoms with E-state index in [9.17, 15) is 13.2 Å². The van der Waals surface area contributed by atoms with Crippen molar-refractivity contribution < 1.29 is 8.42 Å². The maximum Gasteiger partial charge on any atom is 0.248 e. The lowest BCUT2D eigenvalue weighted by Crippen LogP contribution is -2.47. The average Bonchev–Trinajstić information content (AvgIpc) is 2.48. The van der Waals surface area contributed by atoms with Crippen molar-refractivity contribution in [2.24, 2.45) is 0 Å². The first kappa shape index (κ1) is 17.2. The third-order valence-electron chi connectivity index (χ3n) is 3.50. The van der Waals surface area contributed by atoms with Gasteiger partial charge in [-0.25, -0.2) is 8.42 Å². The first-order valence-corrected chi connectivity index (χ1v) is 8.34. The summed E-state index contributed by atoms with van der Waals surface area (Å²) in [6.45, 7) is 1.89. The van der Waals surface area contributed by atoms with Crippen LogP contribution in [-0.4, -0.2) is 43.9 Å². The standard InChI is InChI=1S/C13H14ClN3O3S.ClH/c14-9-1-2-10-11(7-9)16-8-12(13(10)18)21(19,20)17-5-3-15-4-6-17;/h1-2,7-8,15H,3-6H2,(H,16,18);1H. The van der Waals surface area contributed by atoms with E-state index < -0.39 is 15.5 Å². The zero-order valence-electron chi connectivity index (χ0n) is 11.5. The summed E-state index contributed by atoms with van der Waals surface area (Å²) in [6.07, 6.45) is 1.25. The SMILES string of the molecule is Cl.O=c1c(S(=O)(=O)N2CCNCC2)c[nH]c2cc(Cl)ccc12. The van der Waals surface area contributed by atoms with Crippen molar-refractivity contribution in [2.75, 3.05) is 26.2 Å². The highest BCUT2D eigenvalue weighted by molar-refractivity contribution is 7.89. The number of H-pyrrole nitrogens is 1. The van der Waals surface area contributed by atoms with Crippen LogP contribution in [0.1, 0.15) is 0 Å². The van der Waals surface area contributed by atoms with E-state index in [1.54, 1.807) is 12.1 Å². The molecule has 3 rings (SSSR count). The molecule has 1 aliphatic rings. The summed E-state index contributed by atoms with van der Waals surface area (Å²) in [7, 11) is -3.78. The predicted octanol–water partition coefficient (Wildman–Crippen LogP) is 1.20. The molecule has 2 N–H and O–H groups in total. The molecule has 2 aromatic rings. The first-order valence-electron chi connectivity index (χ1n) is 6.52. The van der Waals surface area contributed by atoms with Crippen molar-refractivity contribution in [3.8, 4) is 0 Å². The summed E-state index contributed by atoms with van der Waals surface area (Å²) in [6, 6.07) is 4.70. The van der Waals surface area contributed by atoms with Crippen LogP contribution in [0.25, 0.3) is 10.9 Å². The number of hydrogen-bond donors (Lipinski definition) is 2. The third kappa shape index (κ3) is 3.00. The molecule has 1 aliphatic heterocycles. The molecule has 0 bridgehead atoms. The van der Waals surface area contributed by atoms with Gasteiger partial charge < -0.3 is 10.3 Å². The maximum atomic E-state index is 12.6. The summed E-state index contributed by atoms with van der Waals surface area (Å²) < 4.78 is 26.5. The maximum absolute atomic E-state index is 12.6. The molecular weight excluding hydrogens is 349 g/mol. The number of rotatable bonds is 2. The molecule has 1 aromatic heterocycles. The molecule has 9 heteroatoms. The number of benzene rings is 1. The molecule has 0 saturated carbocycles. The van der Waals surface area contributed by atoms with Gasteiger partial charge in [0.05, 0.1) is 5.52 Å². The van der Waals surface area contributed by atoms with Crippen LogP contribution in [0.2, 0.25) is 5.02 Å². The molecule has 0 aliphatic carbocycles. The number of halogens is 2. The minimum atomic E-state index is -3.78. The number of piperazine rings is 1. The van der Waals surface area contributed by atoms with Gasteiger partial charge >= 0.3 is 0 Å². The minimum Gasteiger partial charge on any atom is -0.360 e. The van der Waals surface area contributed by atoms with Crippen LogP contribution >= 0.6 is 24.0 Å². The van der Waals surface area contributed by atoms with Crippen LogP contribution in [0.15, 0.2) is 34.1 Å². The quantitative estimate of drug-likeness (QED) is 0.839. The van der Waals surface area contributed by atoms with Crippen LogP contribution in [0, 0.1) is 0 Å². The summed E-state index contributed by atoms with van der Waals surface area (Å²) in [5, 5.41) is 3.88. The Bertz CT molecular complexity index is 845. The van der Waals surface area contributed by atoms with Crippen molar-refractivity contribution in [3.63, 3.8) is 0 Å². The molecule has 0 radical (unpaired) electrons. The number of sulfonamides is 1. The molecule has 120 valence electrons. The second-order valence-electron chi connectivity index (χ2n) is 4.83. The molecule has 0 amide bonds. The largest absolute Gasteiger partial charge is 0.360 e. The van der Waals surface area contributed by atoms with Crippen molar-refractivity contribution in [3.05, 3.63) is 39.6 Å². The lowest BCUT2D eigenvalue weighted by molar-refractivity contribution is 0.360. The Morgan fingerprint density at radius 2 is 1.86 bits per heavy atom. The molecule has 1 aromatic carbocycles. The Balaban J connectivity index is 0.00000176. The zero-order valence-corrected chi connectivity index (χ0v) is 13.9. The van der Waals surface area contributed by atoms with Crippen LogP contribution in [0.3, 0.4) is 0 Å². The normalized spacial score (nSPS) is 16.4. The van der Waals surface area contributed by atoms with Crippen LogP contribution < -0.4 is 10.7 Å². The van der Waals surface area contributed by atoms with Gasteiger partial charge in [-0.1, -0.05) is 11.6 Å². The number of hydrogen-bond acceptors (Lipinski definition) is 4. The van der Waals surface area contributed by atoms with E-state index in [1.165, 1.54) is 16.6 Å². The Kier molecular flexibility index (Phi) is 5.14. The Labute approximate surface area is 138 Å². The topological polar surface area (TPSA) is 82.3 Å². The van der Waals surface area contributed by atoms with Crippen molar-refractivity contribution in [1.29, 1.82) is 0 Å². The fourth-order valence-electron chi connectivity index (χ4n) is 2.39. The molecular formula is C13H15Cl2N3O3S. The number of fused-ring (bicyclic) bond motifs is 1. The van der Waals surface area contributed by atoms with Gasteiger partial charge in [-0.2, -0.15) is 4.31 Å². The fraction of sp³-hybridized carbons (Fsp3) is 0.308. The smallest absolute Gasteiger partial charge is 0.248 e. The van der Waals surface area contributed by atoms with E-state index in [1.807, 2.05) is 0 Å². The van der Waals surface area contributed by atoms with Crippen molar-refractivity contribution in [2.45, 2.75) is 4.90 Å². The molecule has 1 fully saturated rings. The zero-order chi connectivity index (χ0) is 15.0. The van der Waals surface area contributed by atoms with Crippen molar-refractivity contribution in [1.82, 2.24) is 14.6 Å². The van der Waals surface area contributed by atoms with Gasteiger partial charge in [0.2, 0.25) is 15.5 Å². The van der Waals surface area contributed by atoms with Gasteiger partial charge in [-0.15, -0.1) is 12.4 Å². The summed E-state index contributed by atoms with van der Waals surface area (Å²) in [5.41, 5.74) is 0.0192. The highest BCUT2D eigenvalue weighted by atomic mass is 35.5. The van der Waals surface area contributed by atoms with Gasteiger partial charge in [-0.05, 0) is 18.2 Å². The number of aromatic nitrogens is 1. The third-order valence-corrected chi connectivity index (χ3v) is 5.64. The first-order chi connectivity index (χ1) is 10.00. The van der Waals surface area contributed by atoms with E-state index in [4.69, 9.17) is 11.6 Å². The second kappa shape index (κ2) is 6.55. The minimum absolute atomic E-state index is 0. The average molecular weight is 364 g/mol. The van der Waals surface area contributed by atoms with E-state index in [-0.39, 0.29) is 17.3 Å². The van der Waals surface area contributed by atoms with E-state index in [0.29, 0.717) is 42.1 Å². The van der Waals surface area contributed by atoms with Gasteiger partial charge in [-0.3, -0.25) is 4.79 Å². The molecule has 2 heterocycles. The lowest BCUT2D eigenvalue weighted by atomic mass is 10.2. The van der Waals surface area contributed by atoms with Crippen molar-refractivity contribution >= 4 is 44.9 Å². The monoisotopic (exact) mass is 363 g/mol. The fourth-order valence-corrected chi connectivity index (χ4v) is 4.06. The molecule has 22 heavy (non-hydrogen) atoms. The summed E-state index contributed by atoms with van der Waals surface area (Å²) >= 11 is 5.87. The van der Waals surface area contributed by atoms with E-state index in [2.05, 4.69) is 10.3 Å². The van der Waals surface area contributed by atoms with Crippen LogP contribution in [0.4, 0.5) is 0 Å². The van der Waals surface area contributed by atoms with Gasteiger partial charge in [0.15, 0.2) is 0 Å². The van der Waals surface area contributed by atoms with Gasteiger partial charge in [0.25, 0.3) is 0 Å². The van der Waals surface area contributed by atoms with Gasteiger partial charge in [0, 0.05) is 42.8 Å². The molecule has 0 unspecified atom stereocenters. The van der Waals surface area contributed by atoms with Crippen LogP contribution in [0.5, 0.6) is 0 Å². The molecule has 1 saturated heterocycles. The molecule has 0 atom stereocenters. The Hall–Kier alpha value is -1.12. The highest BCUT2D eigenvalue weighted by Gasteiger charge is 2.28. The van der Waals surface area contributed by atoms with Crippen LogP contribution in [-0.2, 0) is 10.0 Å². The number of pyridine rings is 1. The number of nitrogens with one attached hydrogen (secondary N) is 2. The number of nitrogens with zero attached hydrogens (tertiary/aromatic N) is 1. The van der Waals surface area contributed by atoms with E-state index >= 15 is 0 Å². The predicted molar refractivity (Wildman–Crippen MR) is 88.5 cm³/mol.